The van der Waals surface area contributed by atoms with Gasteiger partial charge in [0, 0.05) is 5.92 Å². The van der Waals surface area contributed by atoms with Gasteiger partial charge >= 0.3 is 0 Å². The summed E-state index contributed by atoms with van der Waals surface area (Å²) in [5, 5.41) is 0. The highest BCUT2D eigenvalue weighted by atomic mass is 28.4. The molecule has 0 aromatic heterocycles. The quantitative estimate of drug-likeness (QED) is 0.276. The molecule has 2 aromatic carbocycles. The Morgan fingerprint density at radius 1 is 0.600 bits per heavy atom. The molecule has 8 heteroatoms. The van der Waals surface area contributed by atoms with Crippen LogP contribution in [-0.4, -0.2) is 33.1 Å². The first-order valence-electron chi connectivity index (χ1n) is 13.0. The molecule has 2 rings (SSSR count). The van der Waals surface area contributed by atoms with E-state index >= 15 is 0 Å². The Morgan fingerprint density at radius 2 is 0.943 bits per heavy atom. The zero-order valence-corrected chi connectivity index (χ0v) is 28.6. The highest BCUT2D eigenvalue weighted by Crippen LogP contribution is 2.39. The van der Waals surface area contributed by atoms with Crippen molar-refractivity contribution < 1.29 is 8.85 Å². The third kappa shape index (κ3) is 10.2. The van der Waals surface area contributed by atoms with Crippen LogP contribution in [0.4, 0.5) is 11.4 Å². The second-order valence-electron chi connectivity index (χ2n) is 13.7. The topological polar surface area (TPSA) is 42.5 Å². The zero-order valence-electron chi connectivity index (χ0n) is 24.6. The average molecular weight is 547 g/mol. The van der Waals surface area contributed by atoms with Gasteiger partial charge in [0.15, 0.2) is 0 Å². The molecular formula is C27H50N2O2Si4. The van der Waals surface area contributed by atoms with Crippen LogP contribution >= 0.6 is 0 Å². The normalized spacial score (nSPS) is 13.1. The van der Waals surface area contributed by atoms with Gasteiger partial charge < -0.3 is 18.8 Å². The molecule has 0 unspecified atom stereocenters. The SMILES string of the molecule is CCC(c1ccc(O[Si](C)(C)C)c(N[Si](C)(C)C)c1)c1ccc(O[Si](C)(C)C)c(N[Si](C)(C)C)c1. The van der Waals surface area contributed by atoms with Crippen molar-refractivity contribution in [3.8, 4) is 11.5 Å². The Kier molecular flexibility index (Phi) is 9.23. The van der Waals surface area contributed by atoms with Crippen LogP contribution in [0.5, 0.6) is 11.5 Å². The maximum atomic E-state index is 6.47. The lowest BCUT2D eigenvalue weighted by molar-refractivity contribution is 0.559. The molecule has 0 aliphatic heterocycles. The van der Waals surface area contributed by atoms with Gasteiger partial charge in [0.2, 0.25) is 16.6 Å². The van der Waals surface area contributed by atoms with E-state index in [-0.39, 0.29) is 0 Å². The molecule has 2 N–H and O–H groups in total. The molecule has 2 aromatic rings. The van der Waals surface area contributed by atoms with E-state index in [9.17, 15) is 0 Å². The van der Waals surface area contributed by atoms with Crippen molar-refractivity contribution in [3.63, 3.8) is 0 Å². The predicted octanol–water partition coefficient (Wildman–Crippen LogP) is 9.15. The van der Waals surface area contributed by atoms with Crippen molar-refractivity contribution in [1.82, 2.24) is 0 Å². The molecule has 0 heterocycles. The molecule has 0 atom stereocenters. The van der Waals surface area contributed by atoms with Gasteiger partial charge in [-0.2, -0.15) is 0 Å². The second kappa shape index (κ2) is 10.9. The van der Waals surface area contributed by atoms with Crippen molar-refractivity contribution in [2.45, 2.75) is 97.8 Å². The van der Waals surface area contributed by atoms with Gasteiger partial charge in [-0.15, -0.1) is 0 Å². The van der Waals surface area contributed by atoms with E-state index in [0.29, 0.717) is 5.92 Å². The lowest BCUT2D eigenvalue weighted by atomic mass is 9.88. The van der Waals surface area contributed by atoms with E-state index in [1.54, 1.807) is 0 Å². The molecule has 35 heavy (non-hydrogen) atoms. The van der Waals surface area contributed by atoms with Crippen LogP contribution in [0.2, 0.25) is 78.6 Å². The van der Waals surface area contributed by atoms with Crippen LogP contribution in [0.1, 0.15) is 30.4 Å². The van der Waals surface area contributed by atoms with E-state index in [2.05, 4.69) is 132 Å². The van der Waals surface area contributed by atoms with Crippen molar-refractivity contribution in [1.29, 1.82) is 0 Å². The van der Waals surface area contributed by atoms with Gasteiger partial charge in [0.1, 0.15) is 28.0 Å². The summed E-state index contributed by atoms with van der Waals surface area (Å²) in [7, 11) is -6.54. The predicted molar refractivity (Wildman–Crippen MR) is 167 cm³/mol. The minimum Gasteiger partial charge on any atom is -0.543 e. The largest absolute Gasteiger partial charge is 0.543 e. The second-order valence-corrected chi connectivity index (χ2v) is 32.0. The van der Waals surface area contributed by atoms with Gasteiger partial charge in [-0.25, -0.2) is 0 Å². The van der Waals surface area contributed by atoms with Crippen LogP contribution in [0, 0.1) is 0 Å². The minimum absolute atomic E-state index is 0.307. The van der Waals surface area contributed by atoms with Crippen LogP contribution < -0.4 is 18.8 Å². The van der Waals surface area contributed by atoms with Crippen molar-refractivity contribution in [2.24, 2.45) is 0 Å². The highest BCUT2D eigenvalue weighted by molar-refractivity contribution is 6.79. The summed E-state index contributed by atoms with van der Waals surface area (Å²) >= 11 is 0. The van der Waals surface area contributed by atoms with E-state index in [1.807, 2.05) is 0 Å². The molecular weight excluding hydrogens is 497 g/mol. The summed E-state index contributed by atoms with van der Waals surface area (Å²) in [6, 6.07) is 13.6. The zero-order chi connectivity index (χ0) is 26.8. The minimum atomic E-state index is -1.72. The van der Waals surface area contributed by atoms with E-state index < -0.39 is 33.1 Å². The fourth-order valence-electron chi connectivity index (χ4n) is 4.03. The molecule has 0 radical (unpaired) electrons. The van der Waals surface area contributed by atoms with Crippen LogP contribution in [-0.2, 0) is 0 Å². The molecule has 196 valence electrons. The Bertz CT molecular complexity index is 921. The molecule has 0 saturated carbocycles. The van der Waals surface area contributed by atoms with E-state index in [4.69, 9.17) is 8.85 Å². The number of nitrogens with one attached hydrogen (secondary N) is 2. The van der Waals surface area contributed by atoms with Gasteiger partial charge in [-0.3, -0.25) is 0 Å². The third-order valence-corrected chi connectivity index (χ3v) is 8.78. The van der Waals surface area contributed by atoms with Gasteiger partial charge in [-0.1, -0.05) is 58.3 Å². The molecule has 0 saturated heterocycles. The fourth-order valence-corrected chi connectivity index (χ4v) is 7.72. The molecule has 0 aliphatic carbocycles. The summed E-state index contributed by atoms with van der Waals surface area (Å²) in [6.07, 6.45) is 1.03. The Labute approximate surface area is 219 Å². The van der Waals surface area contributed by atoms with Crippen molar-refractivity contribution >= 4 is 44.5 Å². The summed E-state index contributed by atoms with van der Waals surface area (Å²) in [5.74, 6) is 2.29. The van der Waals surface area contributed by atoms with E-state index in [0.717, 1.165) is 29.3 Å². The Morgan fingerprint density at radius 3 is 1.20 bits per heavy atom. The number of benzene rings is 2. The lowest BCUT2D eigenvalue weighted by Gasteiger charge is -2.29. The van der Waals surface area contributed by atoms with Crippen molar-refractivity contribution in [3.05, 3.63) is 47.5 Å². The van der Waals surface area contributed by atoms with Gasteiger partial charge in [0.25, 0.3) is 0 Å². The monoisotopic (exact) mass is 546 g/mol. The Balaban J connectivity index is 2.56. The first-order valence-corrected chi connectivity index (χ1v) is 26.8. The smallest absolute Gasteiger partial charge is 0.242 e. The summed E-state index contributed by atoms with van der Waals surface area (Å²) in [5.41, 5.74) is 4.94. The number of hydrogen-bond donors (Lipinski definition) is 2. The van der Waals surface area contributed by atoms with E-state index in [1.165, 1.54) is 11.1 Å². The van der Waals surface area contributed by atoms with Crippen LogP contribution in [0.3, 0.4) is 0 Å². The fraction of sp³-hybridized carbons (Fsp3) is 0.556. The standard InChI is InChI=1S/C27H50N2O2Si4/c1-14-23(21-15-17-26(30-34(8,9)10)24(19-21)28-32(2,3)4)22-16-18-27(31-35(11,12)13)25(20-22)29-33(5,6)7/h15-20,23,28-29H,14H2,1-13H3. The molecule has 0 amide bonds. The number of anilines is 2. The maximum Gasteiger partial charge on any atom is 0.242 e. The molecule has 0 bridgehead atoms. The third-order valence-electron chi connectivity index (χ3n) is 5.07. The summed E-state index contributed by atoms with van der Waals surface area (Å²) in [4.78, 5) is 7.67. The number of hydrogen-bond acceptors (Lipinski definition) is 4. The molecule has 0 spiro atoms. The average Bonchev–Trinajstić information content (AvgIpc) is 2.62. The first-order chi connectivity index (χ1) is 15.8. The first kappa shape index (κ1) is 29.7. The van der Waals surface area contributed by atoms with Gasteiger partial charge in [-0.05, 0) is 81.1 Å². The maximum absolute atomic E-state index is 6.47. The molecule has 0 aliphatic rings. The summed E-state index contributed by atoms with van der Waals surface area (Å²) in [6.45, 7) is 29.7. The lowest BCUT2D eigenvalue weighted by Crippen LogP contribution is -2.34. The molecule has 4 nitrogen and oxygen atoms in total. The van der Waals surface area contributed by atoms with Crippen molar-refractivity contribution in [2.75, 3.05) is 9.96 Å². The Hall–Kier alpha value is -1.49. The van der Waals surface area contributed by atoms with Crippen LogP contribution in [0.25, 0.3) is 0 Å². The highest BCUT2D eigenvalue weighted by Gasteiger charge is 2.25. The summed E-state index contributed by atoms with van der Waals surface area (Å²) < 4.78 is 12.9. The van der Waals surface area contributed by atoms with Crippen LogP contribution in [0.15, 0.2) is 36.4 Å². The molecule has 0 fully saturated rings. The number of rotatable bonds is 11. The van der Waals surface area contributed by atoms with Gasteiger partial charge in [0.05, 0.1) is 11.4 Å².